The first-order chi connectivity index (χ1) is 21.4. The van der Waals surface area contributed by atoms with Gasteiger partial charge in [-0.3, -0.25) is 19.3 Å². The van der Waals surface area contributed by atoms with Crippen LogP contribution in [0.1, 0.15) is 54.2 Å². The van der Waals surface area contributed by atoms with Gasteiger partial charge in [0, 0.05) is 51.1 Å². The van der Waals surface area contributed by atoms with Crippen LogP contribution in [0.3, 0.4) is 0 Å². The van der Waals surface area contributed by atoms with E-state index < -0.39 is 5.82 Å². The summed E-state index contributed by atoms with van der Waals surface area (Å²) in [6.07, 6.45) is 4.93. The fourth-order valence-electron chi connectivity index (χ4n) is 6.67. The number of nitrogens with one attached hydrogen (secondary N) is 2. The normalized spacial score (nSPS) is 19.8. The number of nitrogens with zero attached hydrogens (tertiary/aromatic N) is 4. The van der Waals surface area contributed by atoms with Gasteiger partial charge >= 0.3 is 0 Å². The number of benzene rings is 2. The number of carbonyl (C=O) groups excluding carboxylic acids is 2. The minimum atomic E-state index is -0.585. The van der Waals surface area contributed by atoms with E-state index >= 15 is 0 Å². The average molecular weight is 605 g/mol. The first-order valence-corrected chi connectivity index (χ1v) is 15.8. The van der Waals surface area contributed by atoms with Crippen molar-refractivity contribution in [3.8, 4) is 0 Å². The maximum absolute atomic E-state index is 14.9. The molecule has 6 rings (SSSR count). The zero-order chi connectivity index (χ0) is 30.6. The molecule has 0 bridgehead atoms. The topological polar surface area (TPSA) is 111 Å². The van der Waals surface area contributed by atoms with Crippen molar-refractivity contribution < 1.29 is 18.7 Å². The van der Waals surface area contributed by atoms with E-state index in [9.17, 15) is 18.8 Å². The summed E-state index contributed by atoms with van der Waals surface area (Å²) < 4.78 is 21.2. The Morgan fingerprint density at radius 1 is 0.932 bits per heavy atom. The summed E-state index contributed by atoms with van der Waals surface area (Å²) in [4.78, 5) is 44.6. The van der Waals surface area contributed by atoms with Crippen molar-refractivity contribution >= 4 is 22.6 Å². The van der Waals surface area contributed by atoms with Gasteiger partial charge in [-0.2, -0.15) is 5.10 Å². The molecule has 1 aromatic heterocycles. The molecule has 0 radical (unpaired) electrons. The molecule has 3 aliphatic heterocycles. The van der Waals surface area contributed by atoms with Gasteiger partial charge < -0.3 is 19.9 Å². The summed E-state index contributed by atoms with van der Waals surface area (Å²) in [6, 6.07) is 11.5. The molecule has 2 N–H and O–H groups in total. The lowest BCUT2D eigenvalue weighted by Crippen LogP contribution is -2.56. The molecule has 4 heterocycles. The summed E-state index contributed by atoms with van der Waals surface area (Å²) in [6.45, 7) is 7.19. The van der Waals surface area contributed by atoms with Crippen LogP contribution in [-0.4, -0.2) is 107 Å². The molecule has 1 unspecified atom stereocenters. The van der Waals surface area contributed by atoms with Gasteiger partial charge in [0.05, 0.1) is 34.9 Å². The highest BCUT2D eigenvalue weighted by molar-refractivity contribution is 5.95. The summed E-state index contributed by atoms with van der Waals surface area (Å²) in [5.41, 5.74) is 1.09. The standard InChI is InChI=1S/C33H41FN6O4/c1-22(38-14-10-25(11-15-38)44-24-8-12-35-13-9-24)32(42)39-16-18-40(19-17-39)33(43)28-20-23(6-7-29(28)34)21-30-26-4-2-3-5-27(26)31(41)37-36-30/h2-7,20,22,24-25,35H,8-19,21H2,1H3,(H,37,41). The Labute approximate surface area is 256 Å². The number of carbonyl (C=O) groups is 2. The van der Waals surface area contributed by atoms with E-state index in [1.165, 1.54) is 6.07 Å². The highest BCUT2D eigenvalue weighted by Gasteiger charge is 2.33. The second kappa shape index (κ2) is 13.5. The lowest BCUT2D eigenvalue weighted by Gasteiger charge is -2.40. The summed E-state index contributed by atoms with van der Waals surface area (Å²) in [5, 5.41) is 11.4. The summed E-state index contributed by atoms with van der Waals surface area (Å²) >= 11 is 0. The Hall–Kier alpha value is -3.67. The third-order valence-electron chi connectivity index (χ3n) is 9.34. The number of ether oxygens (including phenoxy) is 1. The lowest BCUT2D eigenvalue weighted by molar-refractivity contribution is -0.139. The van der Waals surface area contributed by atoms with Crippen LogP contribution in [0, 0.1) is 5.82 Å². The zero-order valence-corrected chi connectivity index (χ0v) is 25.3. The SMILES string of the molecule is CC(C(=O)N1CCN(C(=O)c2cc(Cc3n[nH]c(=O)c4ccccc34)ccc2F)CC1)N1CCC(OC2CCNCC2)CC1. The van der Waals surface area contributed by atoms with E-state index in [2.05, 4.69) is 20.4 Å². The van der Waals surface area contributed by atoms with Crippen LogP contribution in [0.15, 0.2) is 47.3 Å². The predicted molar refractivity (Wildman–Crippen MR) is 165 cm³/mol. The maximum Gasteiger partial charge on any atom is 0.272 e. The van der Waals surface area contributed by atoms with Crippen molar-refractivity contribution in [1.29, 1.82) is 0 Å². The van der Waals surface area contributed by atoms with E-state index in [-0.39, 0.29) is 35.1 Å². The first kappa shape index (κ1) is 30.4. The van der Waals surface area contributed by atoms with Crippen molar-refractivity contribution in [2.24, 2.45) is 0 Å². The molecular weight excluding hydrogens is 563 g/mol. The summed E-state index contributed by atoms with van der Waals surface area (Å²) in [7, 11) is 0. The van der Waals surface area contributed by atoms with Crippen LogP contribution in [-0.2, 0) is 16.0 Å². The minimum Gasteiger partial charge on any atom is -0.375 e. The number of aromatic nitrogens is 2. The van der Waals surface area contributed by atoms with E-state index in [0.29, 0.717) is 55.3 Å². The lowest BCUT2D eigenvalue weighted by atomic mass is 10.0. The average Bonchev–Trinajstić information content (AvgIpc) is 3.07. The smallest absolute Gasteiger partial charge is 0.272 e. The van der Waals surface area contributed by atoms with Crippen LogP contribution >= 0.6 is 0 Å². The van der Waals surface area contributed by atoms with Crippen molar-refractivity contribution in [2.45, 2.75) is 57.3 Å². The Bertz CT molecular complexity index is 1540. The monoisotopic (exact) mass is 604 g/mol. The van der Waals surface area contributed by atoms with E-state index in [1.54, 1.807) is 29.2 Å². The van der Waals surface area contributed by atoms with Gasteiger partial charge in [0.15, 0.2) is 0 Å². The van der Waals surface area contributed by atoms with Gasteiger partial charge in [-0.1, -0.05) is 24.3 Å². The number of fused-ring (bicyclic) bond motifs is 1. The van der Waals surface area contributed by atoms with Gasteiger partial charge in [0.25, 0.3) is 11.5 Å². The molecule has 0 spiro atoms. The van der Waals surface area contributed by atoms with E-state index in [0.717, 1.165) is 57.2 Å². The first-order valence-electron chi connectivity index (χ1n) is 15.8. The van der Waals surface area contributed by atoms with Crippen molar-refractivity contribution in [1.82, 2.24) is 30.2 Å². The van der Waals surface area contributed by atoms with E-state index in [4.69, 9.17) is 4.74 Å². The number of hydrogen-bond acceptors (Lipinski definition) is 7. The number of likely N-dealkylation sites (tertiary alicyclic amines) is 1. The number of rotatable bonds is 7. The Morgan fingerprint density at radius 3 is 2.32 bits per heavy atom. The molecule has 3 saturated heterocycles. The highest BCUT2D eigenvalue weighted by atomic mass is 19.1. The fraction of sp³-hybridized carbons (Fsp3) is 0.515. The Balaban J connectivity index is 1.02. The van der Waals surface area contributed by atoms with Crippen molar-refractivity contribution in [2.75, 3.05) is 52.4 Å². The fourth-order valence-corrected chi connectivity index (χ4v) is 6.67. The van der Waals surface area contributed by atoms with Crippen LogP contribution in [0.4, 0.5) is 4.39 Å². The van der Waals surface area contributed by atoms with Crippen LogP contribution in [0.25, 0.3) is 10.8 Å². The number of halogens is 1. The molecule has 44 heavy (non-hydrogen) atoms. The van der Waals surface area contributed by atoms with Crippen molar-refractivity contribution in [3.05, 3.63) is 75.5 Å². The van der Waals surface area contributed by atoms with Gasteiger partial charge in [0.1, 0.15) is 5.82 Å². The van der Waals surface area contributed by atoms with Crippen LogP contribution in [0.5, 0.6) is 0 Å². The second-order valence-electron chi connectivity index (χ2n) is 12.2. The molecule has 2 aromatic carbocycles. The number of amides is 2. The highest BCUT2D eigenvalue weighted by Crippen LogP contribution is 2.23. The molecule has 3 fully saturated rings. The number of piperidine rings is 2. The number of hydrogen-bond donors (Lipinski definition) is 2. The summed E-state index contributed by atoms with van der Waals surface area (Å²) in [5.74, 6) is -0.902. The van der Waals surface area contributed by atoms with Gasteiger partial charge in [0.2, 0.25) is 5.91 Å². The molecular formula is C33H41FN6O4. The molecule has 11 heteroatoms. The molecule has 10 nitrogen and oxygen atoms in total. The quantitative estimate of drug-likeness (QED) is 0.427. The number of piperazine rings is 1. The zero-order valence-electron chi connectivity index (χ0n) is 25.3. The molecule has 0 saturated carbocycles. The molecule has 234 valence electrons. The van der Waals surface area contributed by atoms with Crippen molar-refractivity contribution in [3.63, 3.8) is 0 Å². The third-order valence-corrected chi connectivity index (χ3v) is 9.34. The number of H-pyrrole nitrogens is 1. The molecule has 2 amide bonds. The maximum atomic E-state index is 14.9. The Morgan fingerprint density at radius 2 is 1.59 bits per heavy atom. The minimum absolute atomic E-state index is 0.000968. The molecule has 3 aromatic rings. The van der Waals surface area contributed by atoms with Gasteiger partial charge in [-0.25, -0.2) is 9.49 Å². The largest absolute Gasteiger partial charge is 0.375 e. The predicted octanol–water partition coefficient (Wildman–Crippen LogP) is 2.56. The van der Waals surface area contributed by atoms with Gasteiger partial charge in [-0.15, -0.1) is 0 Å². The molecule has 3 aliphatic rings. The third kappa shape index (κ3) is 6.69. The van der Waals surface area contributed by atoms with Crippen LogP contribution < -0.4 is 10.9 Å². The molecule has 1 atom stereocenters. The van der Waals surface area contributed by atoms with E-state index in [1.807, 2.05) is 24.0 Å². The molecule has 0 aliphatic carbocycles. The van der Waals surface area contributed by atoms with Gasteiger partial charge in [-0.05, 0) is 69.5 Å². The second-order valence-corrected chi connectivity index (χ2v) is 12.2. The van der Waals surface area contributed by atoms with Crippen LogP contribution in [0.2, 0.25) is 0 Å². The number of aromatic amines is 1. The Kier molecular flexibility index (Phi) is 9.34.